The van der Waals surface area contributed by atoms with Gasteiger partial charge in [0.05, 0.1) is 0 Å². The average Bonchev–Trinajstić information content (AvgIpc) is 2.88. The molecule has 0 aliphatic heterocycles. The molecule has 0 saturated carbocycles. The van der Waals surface area contributed by atoms with Crippen LogP contribution in [0.1, 0.15) is 18.4 Å². The van der Waals surface area contributed by atoms with Gasteiger partial charge in [0.2, 0.25) is 11.7 Å². The largest absolute Gasteiger partial charge is 0.471 e. The van der Waals surface area contributed by atoms with Gasteiger partial charge in [0.1, 0.15) is 0 Å². The minimum atomic E-state index is -4.65. The van der Waals surface area contributed by atoms with E-state index in [1.165, 1.54) is 6.92 Å². The van der Waals surface area contributed by atoms with E-state index in [2.05, 4.69) is 20.0 Å². The molecule has 0 saturated heterocycles. The van der Waals surface area contributed by atoms with Crippen LogP contribution >= 0.6 is 0 Å². The molecule has 1 aromatic heterocycles. The van der Waals surface area contributed by atoms with Gasteiger partial charge in [-0.25, -0.2) is 0 Å². The molecular formula is C13H12F3N3O2. The van der Waals surface area contributed by atoms with Gasteiger partial charge in [-0.2, -0.15) is 18.2 Å². The first kappa shape index (κ1) is 15.0. The predicted octanol–water partition coefficient (Wildman–Crippen LogP) is 2.43. The number of nitrogens with zero attached hydrogens (tertiary/aromatic N) is 2. The third-order valence-electron chi connectivity index (χ3n) is 2.67. The van der Waals surface area contributed by atoms with Crippen molar-refractivity contribution in [3.8, 4) is 11.4 Å². The molecule has 0 unspecified atom stereocenters. The van der Waals surface area contributed by atoms with Gasteiger partial charge in [0.25, 0.3) is 0 Å². The first-order valence-corrected chi connectivity index (χ1v) is 6.11. The van der Waals surface area contributed by atoms with Crippen molar-refractivity contribution in [1.29, 1.82) is 0 Å². The van der Waals surface area contributed by atoms with Gasteiger partial charge in [-0.15, -0.1) is 0 Å². The zero-order valence-corrected chi connectivity index (χ0v) is 11.1. The molecular weight excluding hydrogens is 287 g/mol. The molecule has 0 atom stereocenters. The summed E-state index contributed by atoms with van der Waals surface area (Å²) in [4.78, 5) is 14.0. The number of carbonyl (C=O) groups is 1. The summed E-state index contributed by atoms with van der Waals surface area (Å²) in [6.45, 7) is 1.92. The first-order chi connectivity index (χ1) is 9.86. The lowest BCUT2D eigenvalue weighted by atomic mass is 10.1. The van der Waals surface area contributed by atoms with Crippen LogP contribution in [-0.4, -0.2) is 22.6 Å². The molecule has 2 aromatic rings. The molecule has 2 rings (SSSR count). The normalized spacial score (nSPS) is 11.4. The lowest BCUT2D eigenvalue weighted by molar-refractivity contribution is -0.159. The maximum absolute atomic E-state index is 12.4. The van der Waals surface area contributed by atoms with Crippen molar-refractivity contribution in [2.24, 2.45) is 0 Å². The molecule has 1 N–H and O–H groups in total. The van der Waals surface area contributed by atoms with Crippen LogP contribution in [0.25, 0.3) is 11.4 Å². The average molecular weight is 299 g/mol. The topological polar surface area (TPSA) is 68.0 Å². The third kappa shape index (κ3) is 4.04. The summed E-state index contributed by atoms with van der Waals surface area (Å²) in [5, 5.41) is 5.96. The van der Waals surface area contributed by atoms with E-state index in [9.17, 15) is 18.0 Å². The molecule has 0 aliphatic rings. The number of aromatic nitrogens is 2. The van der Waals surface area contributed by atoms with Crippen LogP contribution < -0.4 is 5.32 Å². The van der Waals surface area contributed by atoms with E-state index >= 15 is 0 Å². The molecule has 0 fully saturated rings. The Balaban J connectivity index is 2.05. The Morgan fingerprint density at radius 3 is 2.48 bits per heavy atom. The zero-order valence-electron chi connectivity index (χ0n) is 11.1. The van der Waals surface area contributed by atoms with Gasteiger partial charge in [0, 0.05) is 19.0 Å². The number of hydrogen-bond donors (Lipinski definition) is 1. The molecule has 1 aromatic carbocycles. The molecule has 1 heterocycles. The third-order valence-corrected chi connectivity index (χ3v) is 2.67. The van der Waals surface area contributed by atoms with Crippen molar-refractivity contribution in [2.45, 2.75) is 19.5 Å². The number of amides is 1. The number of carbonyl (C=O) groups excluding carboxylic acids is 1. The minimum absolute atomic E-state index is 0.113. The fraction of sp³-hybridized carbons (Fsp3) is 0.308. The van der Waals surface area contributed by atoms with Crippen LogP contribution in [0, 0.1) is 0 Å². The monoisotopic (exact) mass is 299 g/mol. The van der Waals surface area contributed by atoms with Crippen molar-refractivity contribution in [2.75, 3.05) is 6.54 Å². The lowest BCUT2D eigenvalue weighted by Gasteiger charge is -2.03. The molecule has 112 valence electrons. The quantitative estimate of drug-likeness (QED) is 0.941. The van der Waals surface area contributed by atoms with Crippen LogP contribution in [0.4, 0.5) is 13.2 Å². The minimum Gasteiger partial charge on any atom is -0.356 e. The summed E-state index contributed by atoms with van der Waals surface area (Å²) in [7, 11) is 0. The van der Waals surface area contributed by atoms with Gasteiger partial charge >= 0.3 is 12.1 Å². The Bertz CT molecular complexity index is 620. The number of nitrogens with one attached hydrogen (secondary N) is 1. The van der Waals surface area contributed by atoms with E-state index in [4.69, 9.17) is 0 Å². The van der Waals surface area contributed by atoms with Crippen molar-refractivity contribution < 1.29 is 22.5 Å². The fourth-order valence-corrected chi connectivity index (χ4v) is 1.66. The van der Waals surface area contributed by atoms with E-state index < -0.39 is 12.1 Å². The van der Waals surface area contributed by atoms with Crippen molar-refractivity contribution in [1.82, 2.24) is 15.5 Å². The van der Waals surface area contributed by atoms with E-state index in [0.29, 0.717) is 18.5 Å². The highest BCUT2D eigenvalue weighted by atomic mass is 19.4. The van der Waals surface area contributed by atoms with Crippen molar-refractivity contribution >= 4 is 5.91 Å². The van der Waals surface area contributed by atoms with Crippen LogP contribution in [0.15, 0.2) is 28.8 Å². The Hall–Kier alpha value is -2.38. The van der Waals surface area contributed by atoms with Crippen LogP contribution in [0.5, 0.6) is 0 Å². The summed E-state index contributed by atoms with van der Waals surface area (Å²) in [6, 6.07) is 6.68. The van der Waals surface area contributed by atoms with Gasteiger partial charge < -0.3 is 9.84 Å². The molecule has 5 nitrogen and oxygen atoms in total. The number of benzene rings is 1. The van der Waals surface area contributed by atoms with Crippen molar-refractivity contribution in [3.63, 3.8) is 0 Å². The summed E-state index contributed by atoms with van der Waals surface area (Å²) in [6.07, 6.45) is -4.02. The first-order valence-electron chi connectivity index (χ1n) is 6.11. The second-order valence-corrected chi connectivity index (χ2v) is 4.35. The highest BCUT2D eigenvalue weighted by molar-refractivity contribution is 5.72. The number of alkyl halides is 3. The summed E-state index contributed by atoms with van der Waals surface area (Å²) in [5.74, 6) is -1.60. The summed E-state index contributed by atoms with van der Waals surface area (Å²) >= 11 is 0. The Morgan fingerprint density at radius 2 is 1.95 bits per heavy atom. The van der Waals surface area contributed by atoms with Gasteiger partial charge in [-0.05, 0) is 12.0 Å². The summed E-state index contributed by atoms with van der Waals surface area (Å²) < 4.78 is 41.2. The number of hydrogen-bond acceptors (Lipinski definition) is 4. The van der Waals surface area contributed by atoms with Gasteiger partial charge in [0.15, 0.2) is 0 Å². The number of rotatable bonds is 4. The Kier molecular flexibility index (Phi) is 4.25. The Morgan fingerprint density at radius 1 is 1.29 bits per heavy atom. The van der Waals surface area contributed by atoms with Gasteiger partial charge in [-0.3, -0.25) is 4.79 Å². The van der Waals surface area contributed by atoms with Gasteiger partial charge in [-0.1, -0.05) is 29.4 Å². The predicted molar refractivity (Wildman–Crippen MR) is 67.1 cm³/mol. The van der Waals surface area contributed by atoms with Crippen LogP contribution in [-0.2, 0) is 17.4 Å². The molecule has 1 amide bonds. The second-order valence-electron chi connectivity index (χ2n) is 4.35. The van der Waals surface area contributed by atoms with E-state index in [-0.39, 0.29) is 11.7 Å². The highest BCUT2D eigenvalue weighted by Gasteiger charge is 2.38. The zero-order chi connectivity index (χ0) is 15.5. The maximum Gasteiger partial charge on any atom is 0.471 e. The second kappa shape index (κ2) is 5.94. The fourth-order valence-electron chi connectivity index (χ4n) is 1.66. The molecule has 0 aliphatic carbocycles. The lowest BCUT2D eigenvalue weighted by Crippen LogP contribution is -2.22. The Labute approximate surface area is 118 Å². The molecule has 21 heavy (non-hydrogen) atoms. The maximum atomic E-state index is 12.4. The van der Waals surface area contributed by atoms with Crippen molar-refractivity contribution in [3.05, 3.63) is 35.7 Å². The van der Waals surface area contributed by atoms with Crippen LogP contribution in [0.2, 0.25) is 0 Å². The molecule has 8 heteroatoms. The van der Waals surface area contributed by atoms with E-state index in [1.54, 1.807) is 24.3 Å². The number of halogens is 3. The standard InChI is InChI=1S/C13H12F3N3O2/c1-8(20)17-7-6-9-2-4-10(5-3-9)11-18-12(21-19-11)13(14,15)16/h2-5H,6-7H2,1H3,(H,17,20). The van der Waals surface area contributed by atoms with E-state index in [1.807, 2.05) is 0 Å². The smallest absolute Gasteiger partial charge is 0.356 e. The molecule has 0 bridgehead atoms. The molecule has 0 spiro atoms. The van der Waals surface area contributed by atoms with E-state index in [0.717, 1.165) is 5.56 Å². The highest BCUT2D eigenvalue weighted by Crippen LogP contribution is 2.29. The summed E-state index contributed by atoms with van der Waals surface area (Å²) in [5.41, 5.74) is 1.37. The van der Waals surface area contributed by atoms with Crippen LogP contribution in [0.3, 0.4) is 0 Å². The SMILES string of the molecule is CC(=O)NCCc1ccc(-c2noc(C(F)(F)F)n2)cc1. The molecule has 0 radical (unpaired) electrons.